The fourth-order valence-electron chi connectivity index (χ4n) is 13.2. The summed E-state index contributed by atoms with van der Waals surface area (Å²) < 4.78 is 21.9. The molecule has 6 aromatic carbocycles. The zero-order valence-corrected chi connectivity index (χ0v) is 55.4. The van der Waals surface area contributed by atoms with Crippen molar-refractivity contribution in [2.75, 3.05) is 107 Å². The van der Waals surface area contributed by atoms with Gasteiger partial charge in [-0.2, -0.15) is 0 Å². The van der Waals surface area contributed by atoms with Gasteiger partial charge >= 0.3 is 12.1 Å². The number of aromatic hydroxyl groups is 2. The number of aryl methyl sites for hydroxylation is 2. The standard InChI is InChI=1S/C34H41ClN6O6.C34H42N6O6/c1-21-14-25(35)16-24(31(21)37(2)3)18-39-19-29-40(27(33(39)44)15-22-10-12-26(42)13-11-22)30(43)20-38(4)41(29)34(45)36-17-23-8-7-9-28(46-5)32(23)47-6;1-22-9-7-11-25(31(22)36(2)3)19-38-20-29-39(27(33(38)43)17-23-13-15-26(41)16-14-23)30(42)21-37(4)40(29)34(44)35-18-24-10-8-12-28(45-5)32(24)46-6/h7-14,16,27,29,42H,15,17-20H2,1-6H3,(H,36,45);7-16,27,29,41H,17-21H2,1-6H3,(H,35,44)/t2*27-,29-/m00/s1. The number of likely N-dealkylation sites (N-methyl/N-ethyl adjacent to an activating group) is 2. The summed E-state index contributed by atoms with van der Waals surface area (Å²) in [5.74, 6) is 1.38. The first-order valence-electron chi connectivity index (χ1n) is 30.4. The lowest BCUT2D eigenvalue weighted by Crippen LogP contribution is -2.76. The highest BCUT2D eigenvalue weighted by atomic mass is 35.5. The summed E-state index contributed by atoms with van der Waals surface area (Å²) in [4.78, 5) is 94.5. The molecule has 4 N–H and O–H groups in total. The van der Waals surface area contributed by atoms with Crippen molar-refractivity contribution in [3.8, 4) is 34.5 Å². The Hall–Kier alpha value is -9.65. The van der Waals surface area contributed by atoms with E-state index in [2.05, 4.69) is 10.6 Å². The number of carbonyl (C=O) groups is 6. The van der Waals surface area contributed by atoms with Gasteiger partial charge in [-0.15, -0.1) is 0 Å². The lowest BCUT2D eigenvalue weighted by atomic mass is 9.97. The van der Waals surface area contributed by atoms with Crippen LogP contribution in [0.1, 0.15) is 44.5 Å². The maximum absolute atomic E-state index is 14.3. The Bertz CT molecular complexity index is 3730. The minimum atomic E-state index is -0.892. The van der Waals surface area contributed by atoms with Gasteiger partial charge in [-0.05, 0) is 95.8 Å². The maximum atomic E-state index is 14.3. The van der Waals surface area contributed by atoms with Gasteiger partial charge in [-0.1, -0.05) is 78.3 Å². The molecule has 0 saturated carbocycles. The van der Waals surface area contributed by atoms with Crippen LogP contribution < -0.4 is 39.4 Å². The molecule has 93 heavy (non-hydrogen) atoms. The van der Waals surface area contributed by atoms with E-state index in [1.54, 1.807) is 121 Å². The van der Waals surface area contributed by atoms with E-state index in [-0.39, 0.29) is 93.8 Å². The number of para-hydroxylation sites is 3. The number of amides is 8. The molecule has 4 aliphatic heterocycles. The molecule has 25 heteroatoms. The number of fused-ring (bicyclic) bond motifs is 2. The van der Waals surface area contributed by atoms with Crippen molar-refractivity contribution in [1.29, 1.82) is 0 Å². The molecule has 0 aliphatic carbocycles. The fraction of sp³-hybridized carbons (Fsp3) is 0.382. The molecule has 0 spiro atoms. The summed E-state index contributed by atoms with van der Waals surface area (Å²) in [6.07, 6.45) is -1.12. The van der Waals surface area contributed by atoms with E-state index < -0.39 is 36.5 Å². The molecular formula is C68H83ClN12O12. The Kier molecular flexibility index (Phi) is 21.4. The van der Waals surface area contributed by atoms with Crippen LogP contribution in [0.2, 0.25) is 5.02 Å². The average Bonchev–Trinajstić information content (AvgIpc) is 0.756. The van der Waals surface area contributed by atoms with Crippen LogP contribution in [0.3, 0.4) is 0 Å². The molecule has 4 heterocycles. The fourth-order valence-corrected chi connectivity index (χ4v) is 13.5. The summed E-state index contributed by atoms with van der Waals surface area (Å²) in [6.45, 7) is 4.85. The normalized spacial score (nSPS) is 18.3. The molecule has 4 saturated heterocycles. The third kappa shape index (κ3) is 14.7. The Morgan fingerprint density at radius 3 is 1.34 bits per heavy atom. The number of phenolic OH excluding ortho intramolecular Hbond substituents is 2. The van der Waals surface area contributed by atoms with Crippen molar-refractivity contribution in [3.63, 3.8) is 0 Å². The van der Waals surface area contributed by atoms with Crippen molar-refractivity contribution < 1.29 is 57.9 Å². The van der Waals surface area contributed by atoms with E-state index in [1.807, 2.05) is 106 Å². The van der Waals surface area contributed by atoms with Crippen molar-refractivity contribution in [2.24, 2.45) is 0 Å². The van der Waals surface area contributed by atoms with E-state index in [0.29, 0.717) is 40.1 Å². The first-order valence-corrected chi connectivity index (χ1v) is 30.8. The molecule has 0 aromatic heterocycles. The number of halogens is 1. The molecule has 8 amide bonds. The monoisotopic (exact) mass is 1290 g/mol. The number of nitrogens with zero attached hydrogens (tertiary/aromatic N) is 10. The summed E-state index contributed by atoms with van der Waals surface area (Å²) in [7, 11) is 17.4. The third-order valence-electron chi connectivity index (χ3n) is 17.1. The predicted octanol–water partition coefficient (Wildman–Crippen LogP) is 6.58. The van der Waals surface area contributed by atoms with Crippen LogP contribution in [0.5, 0.6) is 34.5 Å². The van der Waals surface area contributed by atoms with Gasteiger partial charge in [0, 0.05) is 109 Å². The SMILES string of the molecule is COc1cccc(CNC(=O)N2[C@H]3CN(Cc4cc(Cl)cc(C)c4N(C)C)C(=O)[C@H](Cc4ccc(O)cc4)N3C(=O)CN2C)c1OC.COc1cccc(CNC(=O)N2[C@H]3CN(Cc4cccc(C)c4N(C)C)C(=O)[C@H](Cc4ccc(O)cc4)N3C(=O)CN2C)c1OC. The Morgan fingerprint density at radius 2 is 0.935 bits per heavy atom. The maximum Gasteiger partial charge on any atom is 0.334 e. The van der Waals surface area contributed by atoms with Crippen LogP contribution in [0.25, 0.3) is 0 Å². The van der Waals surface area contributed by atoms with Crippen molar-refractivity contribution in [1.82, 2.24) is 50.3 Å². The molecule has 0 radical (unpaired) electrons. The number of nitrogens with one attached hydrogen (secondary N) is 2. The van der Waals surface area contributed by atoms with Crippen molar-refractivity contribution >= 4 is 58.7 Å². The van der Waals surface area contributed by atoms with Crippen LogP contribution >= 0.6 is 11.6 Å². The summed E-state index contributed by atoms with van der Waals surface area (Å²) >= 11 is 6.49. The van der Waals surface area contributed by atoms with Gasteiger partial charge in [0.15, 0.2) is 23.0 Å². The Labute approximate surface area is 547 Å². The van der Waals surface area contributed by atoms with Gasteiger partial charge in [-0.25, -0.2) is 29.6 Å². The van der Waals surface area contributed by atoms with Crippen LogP contribution in [0.15, 0.2) is 115 Å². The van der Waals surface area contributed by atoms with Crippen LogP contribution in [0, 0.1) is 13.8 Å². The molecular weight excluding hydrogens is 1210 g/mol. The number of benzene rings is 6. The van der Waals surface area contributed by atoms with Gasteiger partial charge in [-0.3, -0.25) is 19.2 Å². The Morgan fingerprint density at radius 1 is 0.538 bits per heavy atom. The second kappa shape index (κ2) is 29.3. The van der Waals surface area contributed by atoms with E-state index >= 15 is 0 Å². The third-order valence-corrected chi connectivity index (χ3v) is 17.4. The van der Waals surface area contributed by atoms with Crippen molar-refractivity contribution in [3.05, 3.63) is 165 Å². The first-order chi connectivity index (χ1) is 44.5. The number of hydrogen-bond donors (Lipinski definition) is 4. The van der Waals surface area contributed by atoms with Gasteiger partial charge in [0.05, 0.1) is 54.6 Å². The number of rotatable bonds is 18. The van der Waals surface area contributed by atoms with Crippen LogP contribution in [0.4, 0.5) is 21.0 Å². The van der Waals surface area contributed by atoms with Gasteiger partial charge in [0.25, 0.3) is 0 Å². The minimum Gasteiger partial charge on any atom is -0.508 e. The number of hydrazine groups is 2. The van der Waals surface area contributed by atoms with Gasteiger partial charge in [0.1, 0.15) is 35.9 Å². The second-order valence-corrected chi connectivity index (χ2v) is 24.3. The Balaban J connectivity index is 0.000000219. The van der Waals surface area contributed by atoms with E-state index in [9.17, 15) is 39.0 Å². The average molecular weight is 1300 g/mol. The first kappa shape index (κ1) is 67.7. The predicted molar refractivity (Wildman–Crippen MR) is 352 cm³/mol. The number of anilines is 2. The highest BCUT2D eigenvalue weighted by Crippen LogP contribution is 2.37. The lowest BCUT2D eigenvalue weighted by molar-refractivity contribution is -0.187. The van der Waals surface area contributed by atoms with E-state index in [1.165, 1.54) is 22.0 Å². The molecule has 0 unspecified atom stereocenters. The van der Waals surface area contributed by atoms with Gasteiger partial charge < -0.3 is 69.2 Å². The number of hydrogen-bond acceptors (Lipinski definition) is 16. The lowest BCUT2D eigenvalue weighted by Gasteiger charge is -2.54. The molecule has 6 aromatic rings. The second-order valence-electron chi connectivity index (χ2n) is 23.8. The smallest absolute Gasteiger partial charge is 0.334 e. The number of methoxy groups -OCH3 is 4. The minimum absolute atomic E-state index is 0.0750. The molecule has 4 atom stereocenters. The van der Waals surface area contributed by atoms with Crippen LogP contribution in [-0.2, 0) is 58.2 Å². The summed E-state index contributed by atoms with van der Waals surface area (Å²) in [5.41, 5.74) is 8.81. The number of carbonyl (C=O) groups excluding carboxylic acids is 6. The zero-order chi connectivity index (χ0) is 67.1. The molecule has 4 aliphatic rings. The van der Waals surface area contributed by atoms with E-state index in [0.717, 1.165) is 50.3 Å². The summed E-state index contributed by atoms with van der Waals surface area (Å²) in [5, 5.41) is 32.4. The molecule has 0 bridgehead atoms. The molecule has 4 fully saturated rings. The quantitative estimate of drug-likeness (QED) is 0.0711. The topological polar surface area (TPSA) is 236 Å². The number of ether oxygens (including phenoxy) is 4. The van der Waals surface area contributed by atoms with Gasteiger partial charge in [0.2, 0.25) is 23.6 Å². The number of piperazine rings is 2. The highest BCUT2D eigenvalue weighted by Gasteiger charge is 2.52. The zero-order valence-electron chi connectivity index (χ0n) is 54.7. The van der Waals surface area contributed by atoms with Crippen LogP contribution in [-0.4, -0.2) is 207 Å². The highest BCUT2D eigenvalue weighted by molar-refractivity contribution is 6.30. The molecule has 24 nitrogen and oxygen atoms in total. The molecule has 494 valence electrons. The number of urea groups is 2. The van der Waals surface area contributed by atoms with E-state index in [4.69, 9.17) is 30.5 Å². The molecule has 10 rings (SSSR count). The number of phenols is 2. The summed E-state index contributed by atoms with van der Waals surface area (Å²) in [6, 6.07) is 31.2. The van der Waals surface area contributed by atoms with Crippen molar-refractivity contribution in [2.45, 2.75) is 77.3 Å². The largest absolute Gasteiger partial charge is 0.508 e.